The quantitative estimate of drug-likeness (QED) is 0.718. The Balaban J connectivity index is 2.02. The van der Waals surface area contributed by atoms with Crippen molar-refractivity contribution in [3.8, 4) is 0 Å². The van der Waals surface area contributed by atoms with Gasteiger partial charge in [-0.25, -0.2) is 0 Å². The first-order valence-corrected chi connectivity index (χ1v) is 6.77. The summed E-state index contributed by atoms with van der Waals surface area (Å²) >= 11 is 0. The van der Waals surface area contributed by atoms with Crippen LogP contribution in [0, 0.1) is 11.3 Å². The van der Waals surface area contributed by atoms with E-state index in [4.69, 9.17) is 5.73 Å². The number of amides is 2. The van der Waals surface area contributed by atoms with Crippen LogP contribution in [0.1, 0.15) is 38.5 Å². The summed E-state index contributed by atoms with van der Waals surface area (Å²) < 4.78 is 0. The van der Waals surface area contributed by atoms with Crippen molar-refractivity contribution in [1.29, 1.82) is 0 Å². The highest BCUT2D eigenvalue weighted by atomic mass is 16.4. The zero-order valence-electron chi connectivity index (χ0n) is 10.9. The minimum atomic E-state index is -1.20. The molecule has 2 fully saturated rings. The smallest absolute Gasteiger partial charge is 0.319 e. The van der Waals surface area contributed by atoms with Gasteiger partial charge < -0.3 is 15.7 Å². The largest absolute Gasteiger partial charge is 0.480 e. The van der Waals surface area contributed by atoms with Gasteiger partial charge in [0, 0.05) is 19.5 Å². The van der Waals surface area contributed by atoms with Crippen molar-refractivity contribution >= 4 is 17.8 Å². The monoisotopic (exact) mass is 268 g/mol. The van der Waals surface area contributed by atoms with E-state index in [1.165, 1.54) is 0 Å². The summed E-state index contributed by atoms with van der Waals surface area (Å²) in [5, 5.41) is 9.27. The first-order chi connectivity index (χ1) is 8.95. The van der Waals surface area contributed by atoms with E-state index in [0.29, 0.717) is 25.9 Å². The van der Waals surface area contributed by atoms with Crippen LogP contribution in [0.25, 0.3) is 0 Å². The molecule has 106 valence electrons. The fourth-order valence-electron chi connectivity index (χ4n) is 3.05. The van der Waals surface area contributed by atoms with Gasteiger partial charge >= 0.3 is 5.97 Å². The number of aliphatic carboxylic acids is 1. The standard InChI is InChI=1S/C13H20N2O4/c14-10(16)7-9-3-1-6-15(8-9)11(17)13(12(18)19)4-2-5-13/h9H,1-8H2,(H2,14,16)(H,18,19). The Morgan fingerprint density at radius 2 is 1.95 bits per heavy atom. The van der Waals surface area contributed by atoms with E-state index in [9.17, 15) is 19.5 Å². The third kappa shape index (κ3) is 2.57. The Morgan fingerprint density at radius 1 is 1.26 bits per heavy atom. The molecule has 0 bridgehead atoms. The van der Waals surface area contributed by atoms with Crippen molar-refractivity contribution in [1.82, 2.24) is 4.90 Å². The van der Waals surface area contributed by atoms with Crippen molar-refractivity contribution in [3.63, 3.8) is 0 Å². The normalized spacial score (nSPS) is 25.5. The van der Waals surface area contributed by atoms with Crippen molar-refractivity contribution in [3.05, 3.63) is 0 Å². The van der Waals surface area contributed by atoms with Crippen LogP contribution in [0.2, 0.25) is 0 Å². The van der Waals surface area contributed by atoms with Gasteiger partial charge in [0.1, 0.15) is 5.41 Å². The van der Waals surface area contributed by atoms with Crippen molar-refractivity contribution in [2.24, 2.45) is 17.1 Å². The summed E-state index contributed by atoms with van der Waals surface area (Å²) in [7, 11) is 0. The van der Waals surface area contributed by atoms with Gasteiger partial charge in [0.15, 0.2) is 0 Å². The second kappa shape index (κ2) is 5.19. The molecule has 1 atom stereocenters. The molecule has 1 aliphatic heterocycles. The molecular formula is C13H20N2O4. The van der Waals surface area contributed by atoms with Crippen LogP contribution in [0.4, 0.5) is 0 Å². The van der Waals surface area contributed by atoms with E-state index in [0.717, 1.165) is 19.3 Å². The lowest BCUT2D eigenvalue weighted by Gasteiger charge is -2.42. The molecule has 3 N–H and O–H groups in total. The number of piperidine rings is 1. The molecular weight excluding hydrogens is 248 g/mol. The fourth-order valence-corrected chi connectivity index (χ4v) is 3.05. The van der Waals surface area contributed by atoms with Gasteiger partial charge in [-0.1, -0.05) is 6.42 Å². The van der Waals surface area contributed by atoms with Crippen LogP contribution >= 0.6 is 0 Å². The number of carbonyl (C=O) groups is 3. The summed E-state index contributed by atoms with van der Waals surface area (Å²) in [4.78, 5) is 36.3. The lowest BCUT2D eigenvalue weighted by atomic mass is 9.67. The topological polar surface area (TPSA) is 101 Å². The number of nitrogens with zero attached hydrogens (tertiary/aromatic N) is 1. The van der Waals surface area contributed by atoms with Gasteiger partial charge in [0.2, 0.25) is 11.8 Å². The van der Waals surface area contributed by atoms with Crippen LogP contribution < -0.4 is 5.73 Å². The predicted molar refractivity (Wildman–Crippen MR) is 67.0 cm³/mol. The Morgan fingerprint density at radius 3 is 2.42 bits per heavy atom. The highest BCUT2D eigenvalue weighted by Crippen LogP contribution is 2.43. The van der Waals surface area contributed by atoms with E-state index in [1.807, 2.05) is 0 Å². The number of carbonyl (C=O) groups excluding carboxylic acids is 2. The summed E-state index contributed by atoms with van der Waals surface area (Å²) in [6, 6.07) is 0. The zero-order valence-corrected chi connectivity index (χ0v) is 10.9. The summed E-state index contributed by atoms with van der Waals surface area (Å²) in [5.41, 5.74) is 3.98. The van der Waals surface area contributed by atoms with Crippen LogP contribution in [0.15, 0.2) is 0 Å². The number of carboxylic acid groups (broad SMARTS) is 1. The molecule has 1 aliphatic carbocycles. The maximum absolute atomic E-state index is 12.4. The van der Waals surface area contributed by atoms with Gasteiger partial charge in [-0.15, -0.1) is 0 Å². The van der Waals surface area contributed by atoms with Crippen LogP contribution in [0.5, 0.6) is 0 Å². The predicted octanol–water partition coefficient (Wildman–Crippen LogP) is 0.355. The fraction of sp³-hybridized carbons (Fsp3) is 0.769. The Hall–Kier alpha value is -1.59. The van der Waals surface area contributed by atoms with Gasteiger partial charge in [0.25, 0.3) is 0 Å². The molecule has 1 saturated heterocycles. The number of nitrogens with two attached hydrogens (primary N) is 1. The average molecular weight is 268 g/mol. The van der Waals surface area contributed by atoms with E-state index >= 15 is 0 Å². The molecule has 6 nitrogen and oxygen atoms in total. The zero-order chi connectivity index (χ0) is 14.0. The molecule has 1 unspecified atom stereocenters. The highest BCUT2D eigenvalue weighted by molar-refractivity contribution is 6.02. The molecule has 0 spiro atoms. The maximum atomic E-state index is 12.4. The molecule has 2 rings (SSSR count). The van der Waals surface area contributed by atoms with E-state index < -0.39 is 11.4 Å². The Labute approximate surface area is 111 Å². The van der Waals surface area contributed by atoms with E-state index in [2.05, 4.69) is 0 Å². The number of primary amides is 1. The third-order valence-corrected chi connectivity index (χ3v) is 4.32. The first kappa shape index (κ1) is 13.8. The Bertz CT molecular complexity index is 403. The number of carboxylic acids is 1. The molecule has 0 aromatic carbocycles. The van der Waals surface area contributed by atoms with E-state index in [-0.39, 0.29) is 24.2 Å². The molecule has 1 saturated carbocycles. The lowest BCUT2D eigenvalue weighted by Crippen LogP contribution is -2.54. The number of hydrogen-bond donors (Lipinski definition) is 2. The molecule has 2 amide bonds. The molecule has 1 heterocycles. The van der Waals surface area contributed by atoms with Crippen LogP contribution in [-0.2, 0) is 14.4 Å². The minimum absolute atomic E-state index is 0.0705. The number of hydrogen-bond acceptors (Lipinski definition) is 3. The molecule has 6 heteroatoms. The number of likely N-dealkylation sites (tertiary alicyclic amines) is 1. The maximum Gasteiger partial charge on any atom is 0.319 e. The van der Waals surface area contributed by atoms with Gasteiger partial charge in [-0.05, 0) is 31.6 Å². The average Bonchev–Trinajstić information content (AvgIpc) is 2.26. The molecule has 0 aromatic heterocycles. The van der Waals surface area contributed by atoms with Crippen LogP contribution in [0.3, 0.4) is 0 Å². The third-order valence-electron chi connectivity index (χ3n) is 4.32. The lowest BCUT2D eigenvalue weighted by molar-refractivity contribution is -0.168. The summed E-state index contributed by atoms with van der Waals surface area (Å²) in [6.07, 6.45) is 3.59. The molecule has 0 radical (unpaired) electrons. The summed E-state index contributed by atoms with van der Waals surface area (Å²) in [5.74, 6) is -1.58. The highest BCUT2D eigenvalue weighted by Gasteiger charge is 2.53. The molecule has 19 heavy (non-hydrogen) atoms. The SMILES string of the molecule is NC(=O)CC1CCCN(C(=O)C2(C(=O)O)CCC2)C1. The van der Waals surface area contributed by atoms with Crippen molar-refractivity contribution in [2.75, 3.05) is 13.1 Å². The Kier molecular flexibility index (Phi) is 3.78. The molecule has 0 aromatic rings. The van der Waals surface area contributed by atoms with Crippen molar-refractivity contribution in [2.45, 2.75) is 38.5 Å². The minimum Gasteiger partial charge on any atom is -0.480 e. The second-order valence-electron chi connectivity index (χ2n) is 5.67. The second-order valence-corrected chi connectivity index (χ2v) is 5.67. The van der Waals surface area contributed by atoms with Crippen molar-refractivity contribution < 1.29 is 19.5 Å². The van der Waals surface area contributed by atoms with E-state index in [1.54, 1.807) is 4.90 Å². The van der Waals surface area contributed by atoms with Gasteiger partial charge in [0.05, 0.1) is 0 Å². The number of rotatable bonds is 4. The molecule has 2 aliphatic rings. The van der Waals surface area contributed by atoms with Crippen LogP contribution in [-0.4, -0.2) is 40.9 Å². The summed E-state index contributed by atoms with van der Waals surface area (Å²) in [6.45, 7) is 1.04. The van der Waals surface area contributed by atoms with Gasteiger partial charge in [-0.3, -0.25) is 14.4 Å². The first-order valence-electron chi connectivity index (χ1n) is 6.77. The van der Waals surface area contributed by atoms with Gasteiger partial charge in [-0.2, -0.15) is 0 Å².